The van der Waals surface area contributed by atoms with E-state index in [9.17, 15) is 10.1 Å². The lowest BCUT2D eigenvalue weighted by Crippen LogP contribution is -1.89. The highest BCUT2D eigenvalue weighted by atomic mass is 16.6. The molecule has 0 aliphatic carbocycles. The third-order valence-electron chi connectivity index (χ3n) is 1.21. The van der Waals surface area contributed by atoms with Crippen molar-refractivity contribution in [3.05, 3.63) is 21.9 Å². The normalized spacial score (nSPS) is 12.9. The first-order valence-corrected chi connectivity index (χ1v) is 2.99. The van der Waals surface area contributed by atoms with Crippen molar-refractivity contribution in [2.24, 2.45) is 0 Å². The summed E-state index contributed by atoms with van der Waals surface area (Å²) in [6.45, 7) is 1.49. The van der Waals surface area contributed by atoms with Gasteiger partial charge in [-0.15, -0.1) is 5.10 Å². The lowest BCUT2D eigenvalue weighted by molar-refractivity contribution is -0.389. The number of hydrogen-bond acceptors (Lipinski definition) is 4. The summed E-state index contributed by atoms with van der Waals surface area (Å²) < 4.78 is 0. The summed E-state index contributed by atoms with van der Waals surface area (Å²) in [7, 11) is 0. The van der Waals surface area contributed by atoms with Crippen LogP contribution in [0.3, 0.4) is 0 Å². The monoisotopic (exact) mass is 157 g/mol. The molecule has 0 aliphatic rings. The third kappa shape index (κ3) is 1.53. The lowest BCUT2D eigenvalue weighted by Gasteiger charge is -1.92. The predicted octanol–water partition coefficient (Wildman–Crippen LogP) is 0.371. The van der Waals surface area contributed by atoms with Gasteiger partial charge in [0.1, 0.15) is 5.69 Å². The molecular formula is C5H7N3O3. The van der Waals surface area contributed by atoms with E-state index < -0.39 is 11.0 Å². The number of aromatic amines is 1. The maximum absolute atomic E-state index is 10.1. The zero-order valence-electron chi connectivity index (χ0n) is 5.81. The fraction of sp³-hybridized carbons (Fsp3) is 0.400. The fourth-order valence-electron chi connectivity index (χ4n) is 0.634. The maximum atomic E-state index is 10.1. The second-order valence-electron chi connectivity index (χ2n) is 2.11. The van der Waals surface area contributed by atoms with Crippen molar-refractivity contribution in [3.8, 4) is 0 Å². The number of aliphatic hydroxyl groups is 1. The van der Waals surface area contributed by atoms with Gasteiger partial charge in [-0.1, -0.05) is 5.10 Å². The molecule has 11 heavy (non-hydrogen) atoms. The molecule has 0 saturated heterocycles. The molecule has 0 aromatic carbocycles. The Balaban J connectivity index is 2.90. The van der Waals surface area contributed by atoms with Crippen LogP contribution >= 0.6 is 0 Å². The van der Waals surface area contributed by atoms with Crippen LogP contribution in [0.25, 0.3) is 0 Å². The average Bonchev–Trinajstić information content (AvgIpc) is 2.33. The summed E-state index contributed by atoms with van der Waals surface area (Å²) in [6, 6.07) is 1.20. The number of nitrogens with one attached hydrogen (secondary N) is 1. The van der Waals surface area contributed by atoms with Crippen molar-refractivity contribution in [3.63, 3.8) is 0 Å². The molecule has 1 aromatic rings. The van der Waals surface area contributed by atoms with Crippen LogP contribution in [-0.4, -0.2) is 20.2 Å². The van der Waals surface area contributed by atoms with Crippen LogP contribution in [0.5, 0.6) is 0 Å². The Morgan fingerprint density at radius 3 is 2.82 bits per heavy atom. The number of H-pyrrole nitrogens is 1. The molecule has 1 aromatic heterocycles. The summed E-state index contributed by atoms with van der Waals surface area (Å²) in [5.41, 5.74) is 0.275. The predicted molar refractivity (Wildman–Crippen MR) is 35.9 cm³/mol. The molecule has 0 spiro atoms. The van der Waals surface area contributed by atoms with E-state index in [-0.39, 0.29) is 11.5 Å². The molecule has 1 rings (SSSR count). The first-order valence-electron chi connectivity index (χ1n) is 2.99. The minimum absolute atomic E-state index is 0.207. The van der Waals surface area contributed by atoms with Gasteiger partial charge in [-0.2, -0.15) is 0 Å². The molecule has 2 N–H and O–H groups in total. The van der Waals surface area contributed by atoms with Gasteiger partial charge in [-0.05, 0) is 11.8 Å². The first kappa shape index (κ1) is 7.67. The second-order valence-corrected chi connectivity index (χ2v) is 2.11. The van der Waals surface area contributed by atoms with Crippen molar-refractivity contribution in [2.45, 2.75) is 13.0 Å². The zero-order valence-corrected chi connectivity index (χ0v) is 5.81. The van der Waals surface area contributed by atoms with E-state index in [0.717, 1.165) is 0 Å². The molecule has 0 amide bonds. The highest BCUT2D eigenvalue weighted by molar-refractivity contribution is 5.21. The highest BCUT2D eigenvalue weighted by Crippen LogP contribution is 2.13. The van der Waals surface area contributed by atoms with E-state index in [0.29, 0.717) is 0 Å². The van der Waals surface area contributed by atoms with Crippen molar-refractivity contribution in [1.82, 2.24) is 10.2 Å². The maximum Gasteiger partial charge on any atom is 0.342 e. The van der Waals surface area contributed by atoms with E-state index in [2.05, 4.69) is 10.2 Å². The second kappa shape index (κ2) is 2.67. The van der Waals surface area contributed by atoms with E-state index >= 15 is 0 Å². The van der Waals surface area contributed by atoms with Gasteiger partial charge in [0.05, 0.1) is 12.2 Å². The number of hydrogen-bond donors (Lipinski definition) is 2. The third-order valence-corrected chi connectivity index (χ3v) is 1.21. The minimum atomic E-state index is -0.778. The Morgan fingerprint density at radius 2 is 2.55 bits per heavy atom. The van der Waals surface area contributed by atoms with Crippen LogP contribution in [-0.2, 0) is 0 Å². The molecule has 6 heteroatoms. The van der Waals surface area contributed by atoms with Gasteiger partial charge in [0.15, 0.2) is 0 Å². The van der Waals surface area contributed by atoms with Crippen LogP contribution < -0.4 is 0 Å². The Labute approximate surface area is 62.0 Å². The Morgan fingerprint density at radius 1 is 1.91 bits per heavy atom. The number of rotatable bonds is 2. The molecule has 60 valence electrons. The standard InChI is InChI=1S/C5H7N3O3/c1-3(9)4-2-5(7-6-4)8(10)11/h2-3,9H,1H3,(H,6,7)/t3-/m1/s1. The molecular weight excluding hydrogens is 150 g/mol. The summed E-state index contributed by atoms with van der Waals surface area (Å²) in [5.74, 6) is -0.207. The molecule has 0 fully saturated rings. The van der Waals surface area contributed by atoms with Crippen LogP contribution in [0.4, 0.5) is 5.82 Å². The van der Waals surface area contributed by atoms with Crippen LogP contribution in [0, 0.1) is 10.1 Å². The van der Waals surface area contributed by atoms with Crippen molar-refractivity contribution < 1.29 is 10.0 Å². The fourth-order valence-corrected chi connectivity index (χ4v) is 0.634. The van der Waals surface area contributed by atoms with Gasteiger partial charge >= 0.3 is 5.82 Å². The molecule has 0 radical (unpaired) electrons. The van der Waals surface area contributed by atoms with Gasteiger partial charge < -0.3 is 15.2 Å². The molecule has 0 unspecified atom stereocenters. The largest absolute Gasteiger partial charge is 0.387 e. The minimum Gasteiger partial charge on any atom is -0.387 e. The Kier molecular flexibility index (Phi) is 1.86. The van der Waals surface area contributed by atoms with Gasteiger partial charge in [-0.25, -0.2) is 0 Å². The number of aromatic nitrogens is 2. The number of aliphatic hydroxyl groups excluding tert-OH is 1. The first-order chi connectivity index (χ1) is 5.11. The summed E-state index contributed by atoms with van der Waals surface area (Å²) in [6.07, 6.45) is -0.778. The molecule has 0 bridgehead atoms. The molecule has 1 atom stereocenters. The van der Waals surface area contributed by atoms with Crippen LogP contribution in [0.1, 0.15) is 18.7 Å². The van der Waals surface area contributed by atoms with E-state index in [1.807, 2.05) is 0 Å². The molecule has 0 saturated carbocycles. The Bertz CT molecular complexity index is 268. The Hall–Kier alpha value is -1.43. The van der Waals surface area contributed by atoms with Gasteiger partial charge in [0.25, 0.3) is 0 Å². The van der Waals surface area contributed by atoms with E-state index in [1.165, 1.54) is 13.0 Å². The van der Waals surface area contributed by atoms with Crippen molar-refractivity contribution >= 4 is 5.82 Å². The zero-order chi connectivity index (χ0) is 8.43. The van der Waals surface area contributed by atoms with Gasteiger partial charge in [-0.3, -0.25) is 0 Å². The quantitative estimate of drug-likeness (QED) is 0.479. The SMILES string of the molecule is C[C@@H](O)c1cc([N+](=O)[O-])[nH]n1. The smallest absolute Gasteiger partial charge is 0.342 e. The summed E-state index contributed by atoms with van der Waals surface area (Å²) in [4.78, 5) is 9.49. The van der Waals surface area contributed by atoms with E-state index in [4.69, 9.17) is 5.11 Å². The lowest BCUT2D eigenvalue weighted by atomic mass is 10.3. The molecule has 6 nitrogen and oxygen atoms in total. The van der Waals surface area contributed by atoms with Crippen LogP contribution in [0.15, 0.2) is 6.07 Å². The average molecular weight is 157 g/mol. The highest BCUT2D eigenvalue weighted by Gasteiger charge is 2.12. The molecule has 0 aliphatic heterocycles. The van der Waals surface area contributed by atoms with Gasteiger partial charge in [0, 0.05) is 0 Å². The molecule has 1 heterocycles. The number of nitrogens with zero attached hydrogens (tertiary/aromatic N) is 2. The summed E-state index contributed by atoms with van der Waals surface area (Å²) in [5, 5.41) is 24.7. The van der Waals surface area contributed by atoms with Gasteiger partial charge in [0.2, 0.25) is 0 Å². The topological polar surface area (TPSA) is 92.0 Å². The van der Waals surface area contributed by atoms with Crippen molar-refractivity contribution in [2.75, 3.05) is 0 Å². The number of nitro groups is 1. The summed E-state index contributed by atoms with van der Waals surface area (Å²) >= 11 is 0. The van der Waals surface area contributed by atoms with E-state index in [1.54, 1.807) is 0 Å². The van der Waals surface area contributed by atoms with Crippen molar-refractivity contribution in [1.29, 1.82) is 0 Å². The van der Waals surface area contributed by atoms with Crippen LogP contribution in [0.2, 0.25) is 0 Å².